The van der Waals surface area contributed by atoms with Gasteiger partial charge in [-0.1, -0.05) is 23.7 Å². The fourth-order valence-corrected chi connectivity index (χ4v) is 2.62. The maximum absolute atomic E-state index is 6.09. The van der Waals surface area contributed by atoms with Crippen LogP contribution in [0.2, 0.25) is 5.02 Å². The van der Waals surface area contributed by atoms with Crippen LogP contribution in [0.25, 0.3) is 0 Å². The van der Waals surface area contributed by atoms with Crippen molar-refractivity contribution in [3.8, 4) is 0 Å². The molecule has 2 aliphatic rings. The summed E-state index contributed by atoms with van der Waals surface area (Å²) in [6.45, 7) is 3.46. The monoisotopic (exact) mass is 274 g/mol. The number of hydrogen-bond donors (Lipinski definition) is 1. The highest BCUT2D eigenvalue weighted by Gasteiger charge is 2.28. The molecular formula is C14H15ClN4. The average molecular weight is 275 g/mol. The van der Waals surface area contributed by atoms with Crippen LogP contribution in [0, 0.1) is 0 Å². The highest BCUT2D eigenvalue weighted by molar-refractivity contribution is 6.33. The van der Waals surface area contributed by atoms with Gasteiger partial charge in [-0.15, -0.1) is 0 Å². The number of nitrogens with one attached hydrogen (secondary N) is 1. The summed E-state index contributed by atoms with van der Waals surface area (Å²) >= 11 is 6.09. The molecule has 2 heterocycles. The number of hydrazine groups is 1. The molecule has 0 aromatic heterocycles. The Labute approximate surface area is 117 Å². The third kappa shape index (κ3) is 2.12. The summed E-state index contributed by atoms with van der Waals surface area (Å²) in [7, 11) is 1.97. The minimum atomic E-state index is 0.704. The zero-order valence-corrected chi connectivity index (χ0v) is 11.7. The molecule has 4 nitrogen and oxygen atoms in total. The summed E-state index contributed by atoms with van der Waals surface area (Å²) in [6.07, 6.45) is 0. The maximum atomic E-state index is 6.09. The van der Waals surface area contributed by atoms with Crippen LogP contribution in [-0.2, 0) is 0 Å². The fraction of sp³-hybridized carbons (Fsp3) is 0.286. The van der Waals surface area contributed by atoms with Gasteiger partial charge in [0.05, 0.1) is 24.4 Å². The Bertz CT molecular complexity index is 616. The Morgan fingerprint density at radius 3 is 2.84 bits per heavy atom. The molecule has 0 radical (unpaired) electrons. The van der Waals surface area contributed by atoms with Crippen molar-refractivity contribution in [1.82, 2.24) is 10.4 Å². The molecule has 1 N–H and O–H groups in total. The van der Waals surface area contributed by atoms with E-state index in [9.17, 15) is 0 Å². The third-order valence-electron chi connectivity index (χ3n) is 3.22. The Morgan fingerprint density at radius 2 is 2.05 bits per heavy atom. The Kier molecular flexibility index (Phi) is 3.03. The van der Waals surface area contributed by atoms with Crippen LogP contribution >= 0.6 is 11.6 Å². The normalized spacial score (nSPS) is 18.6. The molecule has 0 spiro atoms. The van der Waals surface area contributed by atoms with Crippen molar-refractivity contribution < 1.29 is 0 Å². The van der Waals surface area contributed by atoms with E-state index in [1.54, 1.807) is 0 Å². The Hall–Kier alpha value is -1.81. The van der Waals surface area contributed by atoms with E-state index in [1.165, 1.54) is 0 Å². The standard InChI is InChI=1S/C14H15ClN4/c1-9-12-13(10-4-3-5-11(15)8-10)16-6-7-17-14(12)19(2)18-9/h3-5,8,18H,6-7H2,1-2H3. The molecule has 3 rings (SSSR count). The number of hydrogen-bond acceptors (Lipinski definition) is 4. The predicted octanol–water partition coefficient (Wildman–Crippen LogP) is 2.27. The number of fused-ring (bicyclic) bond motifs is 1. The van der Waals surface area contributed by atoms with Gasteiger partial charge in [0, 0.05) is 23.3 Å². The number of likely N-dealkylation sites (N-methyl/N-ethyl adjacent to an activating group) is 1. The molecule has 0 bridgehead atoms. The van der Waals surface area contributed by atoms with E-state index in [4.69, 9.17) is 11.6 Å². The van der Waals surface area contributed by atoms with E-state index in [-0.39, 0.29) is 0 Å². The quantitative estimate of drug-likeness (QED) is 0.853. The molecule has 0 unspecified atom stereocenters. The van der Waals surface area contributed by atoms with Gasteiger partial charge in [0.1, 0.15) is 0 Å². The molecule has 0 saturated heterocycles. The molecule has 19 heavy (non-hydrogen) atoms. The van der Waals surface area contributed by atoms with E-state index in [1.807, 2.05) is 43.2 Å². The second-order valence-corrected chi connectivity index (χ2v) is 5.05. The Morgan fingerprint density at radius 1 is 1.26 bits per heavy atom. The van der Waals surface area contributed by atoms with Crippen LogP contribution in [0.4, 0.5) is 0 Å². The van der Waals surface area contributed by atoms with Crippen molar-refractivity contribution in [2.75, 3.05) is 20.1 Å². The van der Waals surface area contributed by atoms with Crippen LogP contribution in [0.3, 0.4) is 0 Å². The molecular weight excluding hydrogens is 260 g/mol. The SMILES string of the molecule is CC1=C2C(c3cccc(Cl)c3)=NCCN=C2N(C)N1. The summed E-state index contributed by atoms with van der Waals surface area (Å²) in [4.78, 5) is 9.27. The summed E-state index contributed by atoms with van der Waals surface area (Å²) in [5, 5.41) is 2.66. The van der Waals surface area contributed by atoms with E-state index in [2.05, 4.69) is 15.4 Å². The highest BCUT2D eigenvalue weighted by atomic mass is 35.5. The first-order chi connectivity index (χ1) is 9.16. The van der Waals surface area contributed by atoms with Gasteiger partial charge in [-0.25, -0.2) is 0 Å². The number of allylic oxidation sites excluding steroid dienone is 1. The van der Waals surface area contributed by atoms with Crippen molar-refractivity contribution in [2.45, 2.75) is 6.92 Å². The van der Waals surface area contributed by atoms with Crippen LogP contribution in [0.5, 0.6) is 0 Å². The van der Waals surface area contributed by atoms with Gasteiger partial charge in [0.25, 0.3) is 0 Å². The van der Waals surface area contributed by atoms with Crippen LogP contribution in [0.1, 0.15) is 12.5 Å². The van der Waals surface area contributed by atoms with Crippen molar-refractivity contribution in [3.63, 3.8) is 0 Å². The first kappa shape index (κ1) is 12.2. The lowest BCUT2D eigenvalue weighted by atomic mass is 10.0. The van der Waals surface area contributed by atoms with E-state index in [0.717, 1.165) is 33.4 Å². The first-order valence-electron chi connectivity index (χ1n) is 6.23. The molecule has 98 valence electrons. The van der Waals surface area contributed by atoms with E-state index in [0.29, 0.717) is 13.1 Å². The highest BCUT2D eigenvalue weighted by Crippen LogP contribution is 2.23. The molecule has 0 aliphatic carbocycles. The molecule has 0 atom stereocenters. The number of aliphatic imine (C=N–C) groups is 2. The predicted molar refractivity (Wildman–Crippen MR) is 78.8 cm³/mol. The summed E-state index contributed by atoms with van der Waals surface area (Å²) in [5.41, 5.74) is 7.41. The number of benzene rings is 1. The zero-order chi connectivity index (χ0) is 13.4. The number of rotatable bonds is 1. The lowest BCUT2D eigenvalue weighted by molar-refractivity contribution is 0.434. The smallest absolute Gasteiger partial charge is 0.153 e. The average Bonchev–Trinajstić information content (AvgIpc) is 2.57. The largest absolute Gasteiger partial charge is 0.301 e. The molecule has 0 fully saturated rings. The van der Waals surface area contributed by atoms with Gasteiger partial charge in [0.2, 0.25) is 0 Å². The van der Waals surface area contributed by atoms with Crippen LogP contribution in [0.15, 0.2) is 45.5 Å². The fourth-order valence-electron chi connectivity index (χ4n) is 2.43. The molecule has 1 aromatic carbocycles. The van der Waals surface area contributed by atoms with Crippen molar-refractivity contribution in [2.24, 2.45) is 9.98 Å². The molecule has 1 aromatic rings. The van der Waals surface area contributed by atoms with E-state index >= 15 is 0 Å². The van der Waals surface area contributed by atoms with Crippen LogP contribution < -0.4 is 5.43 Å². The van der Waals surface area contributed by atoms with Gasteiger partial charge in [0.15, 0.2) is 5.84 Å². The van der Waals surface area contributed by atoms with Gasteiger partial charge in [-0.3, -0.25) is 15.0 Å². The van der Waals surface area contributed by atoms with Gasteiger partial charge in [-0.05, 0) is 19.1 Å². The first-order valence-corrected chi connectivity index (χ1v) is 6.61. The topological polar surface area (TPSA) is 40.0 Å². The molecule has 2 aliphatic heterocycles. The minimum Gasteiger partial charge on any atom is -0.301 e. The maximum Gasteiger partial charge on any atom is 0.153 e. The second kappa shape index (κ2) is 4.70. The molecule has 0 amide bonds. The third-order valence-corrected chi connectivity index (χ3v) is 3.45. The molecule has 0 saturated carbocycles. The van der Waals surface area contributed by atoms with Crippen LogP contribution in [-0.4, -0.2) is 36.7 Å². The molecule has 5 heteroatoms. The number of nitrogens with zero attached hydrogens (tertiary/aromatic N) is 3. The van der Waals surface area contributed by atoms with Crippen molar-refractivity contribution in [3.05, 3.63) is 46.1 Å². The van der Waals surface area contributed by atoms with Gasteiger partial charge >= 0.3 is 0 Å². The number of halogens is 1. The minimum absolute atomic E-state index is 0.704. The van der Waals surface area contributed by atoms with Gasteiger partial charge < -0.3 is 5.43 Å². The van der Waals surface area contributed by atoms with Crippen molar-refractivity contribution in [1.29, 1.82) is 0 Å². The van der Waals surface area contributed by atoms with Gasteiger partial charge in [-0.2, -0.15) is 0 Å². The summed E-state index contributed by atoms with van der Waals surface area (Å²) < 4.78 is 0. The zero-order valence-electron chi connectivity index (χ0n) is 10.9. The Balaban J connectivity index is 2.13. The number of amidine groups is 1. The second-order valence-electron chi connectivity index (χ2n) is 4.62. The van der Waals surface area contributed by atoms with Crippen molar-refractivity contribution >= 4 is 23.1 Å². The van der Waals surface area contributed by atoms with E-state index < -0.39 is 0 Å². The lowest BCUT2D eigenvalue weighted by Crippen LogP contribution is -2.32. The summed E-state index contributed by atoms with van der Waals surface area (Å²) in [6, 6.07) is 7.80. The lowest BCUT2D eigenvalue weighted by Gasteiger charge is -2.14. The summed E-state index contributed by atoms with van der Waals surface area (Å²) in [5.74, 6) is 0.953.